The first-order chi connectivity index (χ1) is 14.4. The molecule has 0 bridgehead atoms. The molecule has 0 fully saturated rings. The molecule has 0 saturated heterocycles. The number of fused-ring (bicyclic) bond motifs is 1. The molecule has 2 aromatic carbocycles. The second-order valence-electron chi connectivity index (χ2n) is 6.98. The van der Waals surface area contributed by atoms with Crippen molar-refractivity contribution in [1.82, 2.24) is 10.2 Å². The quantitative estimate of drug-likeness (QED) is 0.653. The Morgan fingerprint density at radius 2 is 1.90 bits per heavy atom. The van der Waals surface area contributed by atoms with Crippen LogP contribution in [0.3, 0.4) is 0 Å². The number of carbonyl (C=O) groups excluding carboxylic acids is 2. The molecule has 1 atom stereocenters. The van der Waals surface area contributed by atoms with Crippen molar-refractivity contribution in [2.75, 3.05) is 13.8 Å². The zero-order valence-corrected chi connectivity index (χ0v) is 18.4. The molecule has 2 amide bonds. The van der Waals surface area contributed by atoms with Crippen molar-refractivity contribution >= 4 is 35.0 Å². The van der Waals surface area contributed by atoms with Crippen LogP contribution in [0.4, 0.5) is 0 Å². The Balaban J connectivity index is 1.77. The molecule has 160 valence electrons. The molecule has 1 heterocycles. The SMILES string of the molecule is CC[C@@H](C(=O)NC)N(Cc1ccc(Cl)cc1Cl)C(=O)CCc1ccc2c(c1)OCO2. The monoisotopic (exact) mass is 450 g/mol. The van der Waals surface area contributed by atoms with E-state index in [-0.39, 0.29) is 31.6 Å². The highest BCUT2D eigenvalue weighted by Gasteiger charge is 2.28. The van der Waals surface area contributed by atoms with Crippen molar-refractivity contribution in [3.63, 3.8) is 0 Å². The smallest absolute Gasteiger partial charge is 0.242 e. The fourth-order valence-corrected chi connectivity index (χ4v) is 3.88. The van der Waals surface area contributed by atoms with Gasteiger partial charge in [0, 0.05) is 30.1 Å². The normalized spacial score (nSPS) is 13.1. The van der Waals surface area contributed by atoms with Crippen molar-refractivity contribution in [3.05, 3.63) is 57.6 Å². The van der Waals surface area contributed by atoms with Gasteiger partial charge in [-0.2, -0.15) is 0 Å². The van der Waals surface area contributed by atoms with Gasteiger partial charge in [-0.3, -0.25) is 9.59 Å². The molecule has 3 rings (SSSR count). The topological polar surface area (TPSA) is 67.9 Å². The third-order valence-corrected chi connectivity index (χ3v) is 5.64. The first kappa shape index (κ1) is 22.2. The summed E-state index contributed by atoms with van der Waals surface area (Å²) >= 11 is 12.3. The molecule has 0 unspecified atom stereocenters. The first-order valence-corrected chi connectivity index (χ1v) is 10.5. The van der Waals surface area contributed by atoms with Gasteiger partial charge in [0.25, 0.3) is 0 Å². The van der Waals surface area contributed by atoms with E-state index in [9.17, 15) is 9.59 Å². The van der Waals surface area contributed by atoms with Crippen LogP contribution >= 0.6 is 23.2 Å². The number of likely N-dealkylation sites (N-methyl/N-ethyl adjacent to an activating group) is 1. The highest BCUT2D eigenvalue weighted by Crippen LogP contribution is 2.33. The molecular weight excluding hydrogens is 427 g/mol. The van der Waals surface area contributed by atoms with Crippen molar-refractivity contribution in [3.8, 4) is 11.5 Å². The summed E-state index contributed by atoms with van der Waals surface area (Å²) in [5.74, 6) is 1.05. The van der Waals surface area contributed by atoms with Crippen LogP contribution in [0.15, 0.2) is 36.4 Å². The highest BCUT2D eigenvalue weighted by molar-refractivity contribution is 6.35. The maximum Gasteiger partial charge on any atom is 0.242 e. The van der Waals surface area contributed by atoms with Gasteiger partial charge in [0.1, 0.15) is 6.04 Å². The van der Waals surface area contributed by atoms with Crippen LogP contribution in [0.2, 0.25) is 10.0 Å². The second-order valence-corrected chi connectivity index (χ2v) is 7.83. The van der Waals surface area contributed by atoms with E-state index < -0.39 is 6.04 Å². The van der Waals surface area contributed by atoms with Crippen LogP contribution in [0, 0.1) is 0 Å². The lowest BCUT2D eigenvalue weighted by atomic mass is 10.1. The van der Waals surface area contributed by atoms with Crippen molar-refractivity contribution in [1.29, 1.82) is 0 Å². The molecular formula is C22H24Cl2N2O4. The maximum atomic E-state index is 13.2. The first-order valence-electron chi connectivity index (χ1n) is 9.76. The molecule has 0 aromatic heterocycles. The van der Waals surface area contributed by atoms with Gasteiger partial charge < -0.3 is 19.7 Å². The average Bonchev–Trinajstić information content (AvgIpc) is 3.21. The molecule has 30 heavy (non-hydrogen) atoms. The Morgan fingerprint density at radius 1 is 1.13 bits per heavy atom. The van der Waals surface area contributed by atoms with Gasteiger partial charge in [0.15, 0.2) is 11.5 Å². The van der Waals surface area contributed by atoms with E-state index in [1.807, 2.05) is 25.1 Å². The number of ether oxygens (including phenoxy) is 2. The minimum atomic E-state index is -0.592. The Labute approximate surface area is 186 Å². The van der Waals surface area contributed by atoms with Crippen LogP contribution in [-0.4, -0.2) is 36.6 Å². The Kier molecular flexibility index (Phi) is 7.45. The highest BCUT2D eigenvalue weighted by atomic mass is 35.5. The zero-order valence-electron chi connectivity index (χ0n) is 16.9. The molecule has 0 spiro atoms. The third kappa shape index (κ3) is 5.18. The van der Waals surface area contributed by atoms with E-state index >= 15 is 0 Å². The summed E-state index contributed by atoms with van der Waals surface area (Å²) in [6.07, 6.45) is 1.25. The van der Waals surface area contributed by atoms with Gasteiger partial charge in [-0.25, -0.2) is 0 Å². The summed E-state index contributed by atoms with van der Waals surface area (Å²) in [7, 11) is 1.57. The summed E-state index contributed by atoms with van der Waals surface area (Å²) in [6, 6.07) is 10.2. The number of nitrogens with zero attached hydrogens (tertiary/aromatic N) is 1. The predicted octanol–water partition coefficient (Wildman–Crippen LogP) is 4.21. The third-order valence-electron chi connectivity index (χ3n) is 5.05. The number of hydrogen-bond acceptors (Lipinski definition) is 4. The van der Waals surface area contributed by atoms with Crippen LogP contribution in [-0.2, 0) is 22.6 Å². The van der Waals surface area contributed by atoms with E-state index in [2.05, 4.69) is 5.32 Å². The fourth-order valence-electron chi connectivity index (χ4n) is 3.41. The minimum Gasteiger partial charge on any atom is -0.454 e. The van der Waals surface area contributed by atoms with E-state index in [1.54, 1.807) is 30.1 Å². The van der Waals surface area contributed by atoms with Crippen LogP contribution in [0.1, 0.15) is 30.9 Å². The minimum absolute atomic E-state index is 0.130. The van der Waals surface area contributed by atoms with Crippen molar-refractivity contribution in [2.24, 2.45) is 0 Å². The molecule has 0 aliphatic carbocycles. The number of benzene rings is 2. The number of aryl methyl sites for hydroxylation is 1. The Bertz CT molecular complexity index is 935. The lowest BCUT2D eigenvalue weighted by Gasteiger charge is -2.30. The summed E-state index contributed by atoms with van der Waals surface area (Å²) < 4.78 is 10.7. The lowest BCUT2D eigenvalue weighted by Crippen LogP contribution is -2.48. The van der Waals surface area contributed by atoms with Gasteiger partial charge in [-0.15, -0.1) is 0 Å². The predicted molar refractivity (Wildman–Crippen MR) is 116 cm³/mol. The largest absolute Gasteiger partial charge is 0.454 e. The molecule has 1 aliphatic heterocycles. The van der Waals surface area contributed by atoms with E-state index in [0.29, 0.717) is 34.4 Å². The standard InChI is InChI=1S/C22H24Cl2N2O4/c1-3-18(22(28)25-2)26(12-15-6-7-16(23)11-17(15)24)21(27)9-5-14-4-8-19-20(10-14)30-13-29-19/h4,6-8,10-11,18H,3,5,9,12-13H2,1-2H3,(H,25,28)/t18-/m0/s1. The maximum absolute atomic E-state index is 13.2. The molecule has 1 N–H and O–H groups in total. The molecule has 6 nitrogen and oxygen atoms in total. The van der Waals surface area contributed by atoms with Crippen molar-refractivity contribution < 1.29 is 19.1 Å². The average molecular weight is 451 g/mol. The van der Waals surface area contributed by atoms with Crippen LogP contribution in [0.25, 0.3) is 0 Å². The second kappa shape index (κ2) is 10.0. The number of rotatable bonds is 8. The van der Waals surface area contributed by atoms with Crippen LogP contribution in [0.5, 0.6) is 11.5 Å². The Hall–Kier alpha value is -2.44. The van der Waals surface area contributed by atoms with Gasteiger partial charge in [0.2, 0.25) is 18.6 Å². The summed E-state index contributed by atoms with van der Waals surface area (Å²) in [5, 5.41) is 3.62. The summed E-state index contributed by atoms with van der Waals surface area (Å²) in [4.78, 5) is 27.2. The molecule has 8 heteroatoms. The van der Waals surface area contributed by atoms with E-state index in [0.717, 1.165) is 11.1 Å². The lowest BCUT2D eigenvalue weighted by molar-refractivity contribution is -0.141. The number of amides is 2. The number of halogens is 2. The molecule has 2 aromatic rings. The van der Waals surface area contributed by atoms with Gasteiger partial charge in [-0.05, 0) is 48.2 Å². The van der Waals surface area contributed by atoms with Gasteiger partial charge in [-0.1, -0.05) is 42.3 Å². The number of carbonyl (C=O) groups is 2. The molecule has 0 saturated carbocycles. The van der Waals surface area contributed by atoms with Crippen LogP contribution < -0.4 is 14.8 Å². The summed E-state index contributed by atoms with van der Waals surface area (Å²) in [6.45, 7) is 2.31. The number of hydrogen-bond donors (Lipinski definition) is 1. The molecule has 1 aliphatic rings. The Morgan fingerprint density at radius 3 is 2.60 bits per heavy atom. The van der Waals surface area contributed by atoms with E-state index in [4.69, 9.17) is 32.7 Å². The fraction of sp³-hybridized carbons (Fsp3) is 0.364. The summed E-state index contributed by atoms with van der Waals surface area (Å²) in [5.41, 5.74) is 1.70. The van der Waals surface area contributed by atoms with Gasteiger partial charge in [0.05, 0.1) is 0 Å². The van der Waals surface area contributed by atoms with E-state index in [1.165, 1.54) is 0 Å². The molecule has 0 radical (unpaired) electrons. The zero-order chi connectivity index (χ0) is 21.7. The van der Waals surface area contributed by atoms with Gasteiger partial charge >= 0.3 is 0 Å². The number of nitrogens with one attached hydrogen (secondary N) is 1. The van der Waals surface area contributed by atoms with Crippen molar-refractivity contribution in [2.45, 2.75) is 38.8 Å².